The molecule has 0 bridgehead atoms. The Kier molecular flexibility index (Phi) is 5.68. The first-order chi connectivity index (χ1) is 8.04. The van der Waals surface area contributed by atoms with Crippen LogP contribution in [0, 0.1) is 0 Å². The number of rotatable bonds is 6. The maximum atomic E-state index is 5.91. The molecule has 0 spiro atoms. The highest BCUT2D eigenvalue weighted by atomic mass is 35.5. The third kappa shape index (κ3) is 4.50. The van der Waals surface area contributed by atoms with Gasteiger partial charge in [-0.05, 0) is 32.0 Å². The zero-order chi connectivity index (χ0) is 12.8. The first kappa shape index (κ1) is 14.2. The van der Waals surface area contributed by atoms with Crippen LogP contribution in [0.15, 0.2) is 18.2 Å². The van der Waals surface area contributed by atoms with Gasteiger partial charge in [0, 0.05) is 11.6 Å². The lowest BCUT2D eigenvalue weighted by Gasteiger charge is -2.17. The van der Waals surface area contributed by atoms with E-state index in [1.165, 1.54) is 0 Å². The molecular formula is C12H16ClNO2S. The van der Waals surface area contributed by atoms with E-state index in [-0.39, 0.29) is 6.10 Å². The Morgan fingerprint density at radius 1 is 1.53 bits per heavy atom. The van der Waals surface area contributed by atoms with Crippen LogP contribution in [-0.2, 0) is 4.74 Å². The molecule has 0 aliphatic carbocycles. The third-order valence-corrected chi connectivity index (χ3v) is 2.55. The summed E-state index contributed by atoms with van der Waals surface area (Å²) in [6.07, 6.45) is -0.0819. The monoisotopic (exact) mass is 273 g/mol. The molecule has 2 N–H and O–H groups in total. The van der Waals surface area contributed by atoms with Crippen LogP contribution in [0.2, 0.25) is 5.02 Å². The van der Waals surface area contributed by atoms with Gasteiger partial charge >= 0.3 is 0 Å². The van der Waals surface area contributed by atoms with Crippen molar-refractivity contribution in [3.8, 4) is 5.75 Å². The minimum absolute atomic E-state index is 0.0819. The Morgan fingerprint density at radius 2 is 2.24 bits per heavy atom. The van der Waals surface area contributed by atoms with Gasteiger partial charge < -0.3 is 15.2 Å². The minimum atomic E-state index is -0.0819. The van der Waals surface area contributed by atoms with Crippen LogP contribution in [0.5, 0.6) is 5.75 Å². The highest BCUT2D eigenvalue weighted by Gasteiger charge is 2.11. The van der Waals surface area contributed by atoms with E-state index >= 15 is 0 Å². The molecule has 94 valence electrons. The number of halogens is 1. The summed E-state index contributed by atoms with van der Waals surface area (Å²) in [5, 5.41) is 0.587. The van der Waals surface area contributed by atoms with Gasteiger partial charge in [0.05, 0.1) is 12.2 Å². The van der Waals surface area contributed by atoms with Gasteiger partial charge in [-0.25, -0.2) is 0 Å². The molecule has 0 amide bonds. The molecule has 1 atom stereocenters. The molecular weight excluding hydrogens is 258 g/mol. The summed E-state index contributed by atoms with van der Waals surface area (Å²) in [4.78, 5) is 0.292. The molecule has 0 saturated carbocycles. The molecule has 1 unspecified atom stereocenters. The van der Waals surface area contributed by atoms with Crippen LogP contribution in [0.3, 0.4) is 0 Å². The van der Waals surface area contributed by atoms with Crippen LogP contribution >= 0.6 is 23.8 Å². The average molecular weight is 274 g/mol. The fourth-order valence-corrected chi connectivity index (χ4v) is 1.66. The molecule has 0 heterocycles. The van der Waals surface area contributed by atoms with E-state index in [1.807, 2.05) is 13.8 Å². The van der Waals surface area contributed by atoms with E-state index in [1.54, 1.807) is 18.2 Å². The van der Waals surface area contributed by atoms with Gasteiger partial charge in [0.15, 0.2) is 0 Å². The highest BCUT2D eigenvalue weighted by Crippen LogP contribution is 2.24. The van der Waals surface area contributed by atoms with Crippen molar-refractivity contribution >= 4 is 28.8 Å². The number of hydrogen-bond acceptors (Lipinski definition) is 3. The van der Waals surface area contributed by atoms with Crippen molar-refractivity contribution in [3.05, 3.63) is 28.8 Å². The molecule has 1 rings (SSSR count). The molecule has 1 aromatic carbocycles. The van der Waals surface area contributed by atoms with Gasteiger partial charge in [-0.1, -0.05) is 23.8 Å². The first-order valence-electron chi connectivity index (χ1n) is 5.38. The number of thiocarbonyl (C=S) groups is 1. The Bertz CT molecular complexity index is 398. The van der Waals surface area contributed by atoms with Crippen molar-refractivity contribution in [3.63, 3.8) is 0 Å². The van der Waals surface area contributed by atoms with E-state index in [0.29, 0.717) is 34.5 Å². The Balaban J connectivity index is 2.81. The summed E-state index contributed by atoms with van der Waals surface area (Å²) in [5.74, 6) is 0.595. The van der Waals surface area contributed by atoms with Crippen molar-refractivity contribution in [2.45, 2.75) is 20.0 Å². The first-order valence-corrected chi connectivity index (χ1v) is 6.17. The molecule has 0 radical (unpaired) electrons. The van der Waals surface area contributed by atoms with Gasteiger partial charge in [0.2, 0.25) is 0 Å². The smallest absolute Gasteiger partial charge is 0.131 e. The zero-order valence-electron chi connectivity index (χ0n) is 9.90. The fraction of sp³-hybridized carbons (Fsp3) is 0.417. The van der Waals surface area contributed by atoms with Crippen molar-refractivity contribution < 1.29 is 9.47 Å². The number of benzene rings is 1. The van der Waals surface area contributed by atoms with Crippen molar-refractivity contribution in [2.75, 3.05) is 13.2 Å². The molecule has 17 heavy (non-hydrogen) atoms. The van der Waals surface area contributed by atoms with E-state index in [9.17, 15) is 0 Å². The molecule has 0 aromatic heterocycles. The Morgan fingerprint density at radius 3 is 2.82 bits per heavy atom. The van der Waals surface area contributed by atoms with Crippen molar-refractivity contribution in [2.24, 2.45) is 5.73 Å². The van der Waals surface area contributed by atoms with E-state index in [0.717, 1.165) is 0 Å². The number of nitrogens with two attached hydrogens (primary N) is 1. The summed E-state index contributed by atoms with van der Waals surface area (Å²) >= 11 is 10.9. The molecule has 0 aliphatic heterocycles. The Labute approximate surface area is 112 Å². The predicted octanol–water partition coefficient (Wildman–Crippen LogP) is 2.78. The molecule has 0 saturated heterocycles. The minimum Gasteiger partial charge on any atom is -0.488 e. The maximum absolute atomic E-state index is 5.91. The number of hydrogen-bond donors (Lipinski definition) is 1. The summed E-state index contributed by atoms with van der Waals surface area (Å²) in [6.45, 7) is 5.03. The lowest BCUT2D eigenvalue weighted by atomic mass is 10.2. The summed E-state index contributed by atoms with van der Waals surface area (Å²) in [5.41, 5.74) is 6.31. The second-order valence-corrected chi connectivity index (χ2v) is 4.47. The van der Waals surface area contributed by atoms with Crippen LogP contribution in [0.25, 0.3) is 0 Å². The summed E-state index contributed by atoms with van der Waals surface area (Å²) in [6, 6.07) is 5.20. The lowest BCUT2D eigenvalue weighted by Crippen LogP contribution is -2.21. The van der Waals surface area contributed by atoms with Gasteiger partial charge in [-0.3, -0.25) is 0 Å². The standard InChI is InChI=1S/C12H16ClNO2S/c1-3-15-7-8(2)16-11-6-9(13)4-5-10(11)12(14)17/h4-6,8H,3,7H2,1-2H3,(H2,14,17). The molecule has 0 aliphatic rings. The van der Waals surface area contributed by atoms with Crippen LogP contribution in [-0.4, -0.2) is 24.3 Å². The molecule has 0 fully saturated rings. The van der Waals surface area contributed by atoms with Crippen molar-refractivity contribution in [1.29, 1.82) is 0 Å². The van der Waals surface area contributed by atoms with Crippen LogP contribution in [0.1, 0.15) is 19.4 Å². The molecule has 5 heteroatoms. The SMILES string of the molecule is CCOCC(C)Oc1cc(Cl)ccc1C(N)=S. The van der Waals surface area contributed by atoms with Gasteiger partial charge in [-0.2, -0.15) is 0 Å². The third-order valence-electron chi connectivity index (χ3n) is 2.09. The predicted molar refractivity (Wildman–Crippen MR) is 73.9 cm³/mol. The quantitative estimate of drug-likeness (QED) is 0.810. The van der Waals surface area contributed by atoms with Crippen LogP contribution in [0.4, 0.5) is 0 Å². The number of ether oxygens (including phenoxy) is 2. The van der Waals surface area contributed by atoms with E-state index in [2.05, 4.69) is 0 Å². The lowest BCUT2D eigenvalue weighted by molar-refractivity contribution is 0.0656. The Hall–Kier alpha value is -0.840. The molecule has 3 nitrogen and oxygen atoms in total. The van der Waals surface area contributed by atoms with Gasteiger partial charge in [0.25, 0.3) is 0 Å². The highest BCUT2D eigenvalue weighted by molar-refractivity contribution is 7.80. The normalized spacial score (nSPS) is 12.2. The fourth-order valence-electron chi connectivity index (χ4n) is 1.33. The molecule has 1 aromatic rings. The van der Waals surface area contributed by atoms with Gasteiger partial charge in [-0.15, -0.1) is 0 Å². The topological polar surface area (TPSA) is 44.5 Å². The summed E-state index contributed by atoms with van der Waals surface area (Å²) < 4.78 is 11.0. The van der Waals surface area contributed by atoms with Gasteiger partial charge in [0.1, 0.15) is 16.8 Å². The summed E-state index contributed by atoms with van der Waals surface area (Å²) in [7, 11) is 0. The van der Waals surface area contributed by atoms with Crippen LogP contribution < -0.4 is 10.5 Å². The second-order valence-electron chi connectivity index (χ2n) is 3.59. The van der Waals surface area contributed by atoms with E-state index < -0.39 is 0 Å². The van der Waals surface area contributed by atoms with Crippen molar-refractivity contribution in [1.82, 2.24) is 0 Å². The average Bonchev–Trinajstić information content (AvgIpc) is 2.26. The van der Waals surface area contributed by atoms with E-state index in [4.69, 9.17) is 39.0 Å². The zero-order valence-corrected chi connectivity index (χ0v) is 11.5. The largest absolute Gasteiger partial charge is 0.488 e. The second kappa shape index (κ2) is 6.79. The maximum Gasteiger partial charge on any atom is 0.131 e.